The summed E-state index contributed by atoms with van der Waals surface area (Å²) >= 11 is 0. The van der Waals surface area contributed by atoms with E-state index < -0.39 is 0 Å². The van der Waals surface area contributed by atoms with Gasteiger partial charge in [0.2, 0.25) is 11.9 Å². The van der Waals surface area contributed by atoms with Crippen molar-refractivity contribution in [1.82, 2.24) is 19.9 Å². The van der Waals surface area contributed by atoms with Crippen molar-refractivity contribution in [2.45, 2.75) is 12.5 Å². The molecule has 2 rings (SSSR count). The van der Waals surface area contributed by atoms with Crippen LogP contribution < -0.4 is 15.4 Å². The van der Waals surface area contributed by atoms with E-state index in [9.17, 15) is 0 Å². The summed E-state index contributed by atoms with van der Waals surface area (Å²) in [6.07, 6.45) is 1.10. The lowest BCUT2D eigenvalue weighted by Crippen LogP contribution is -2.24. The van der Waals surface area contributed by atoms with Crippen molar-refractivity contribution in [1.29, 1.82) is 0 Å². The van der Waals surface area contributed by atoms with E-state index in [-0.39, 0.29) is 0 Å². The van der Waals surface area contributed by atoms with E-state index in [2.05, 4.69) is 37.5 Å². The van der Waals surface area contributed by atoms with E-state index in [1.165, 1.54) is 0 Å². The van der Waals surface area contributed by atoms with Gasteiger partial charge in [-0.25, -0.2) is 0 Å². The molecule has 1 atom stereocenters. The second kappa shape index (κ2) is 5.13. The average molecular weight is 238 g/mol. The zero-order valence-corrected chi connectivity index (χ0v) is 10.4. The van der Waals surface area contributed by atoms with Gasteiger partial charge in [-0.3, -0.25) is 0 Å². The minimum Gasteiger partial charge on any atom is -0.467 e. The lowest BCUT2D eigenvalue weighted by molar-refractivity contribution is 0.379. The van der Waals surface area contributed by atoms with Gasteiger partial charge in [0, 0.05) is 19.6 Å². The monoisotopic (exact) mass is 238 g/mol. The predicted molar refractivity (Wildman–Crippen MR) is 65.5 cm³/mol. The number of ether oxygens (including phenoxy) is 1. The molecule has 0 saturated carbocycles. The zero-order valence-electron chi connectivity index (χ0n) is 10.4. The lowest BCUT2D eigenvalue weighted by atomic mass is 10.3. The molecule has 0 amide bonds. The summed E-state index contributed by atoms with van der Waals surface area (Å²) in [6, 6.07) is 0.704. The smallest absolute Gasteiger partial charge is 0.322 e. The number of aromatic nitrogens is 3. The fraction of sp³-hybridized carbons (Fsp3) is 0.700. The van der Waals surface area contributed by atoms with Crippen LogP contribution in [-0.2, 0) is 0 Å². The molecule has 0 aromatic carbocycles. The van der Waals surface area contributed by atoms with Crippen LogP contribution in [-0.4, -0.2) is 60.2 Å². The van der Waals surface area contributed by atoms with Gasteiger partial charge >= 0.3 is 6.01 Å². The first-order valence-electron chi connectivity index (χ1n) is 5.64. The Morgan fingerprint density at radius 1 is 1.29 bits per heavy atom. The maximum absolute atomic E-state index is 5.03. The van der Waals surface area contributed by atoms with Gasteiger partial charge in [0.05, 0.1) is 7.11 Å². The Bertz CT molecular complexity index is 363. The van der Waals surface area contributed by atoms with E-state index >= 15 is 0 Å². The number of rotatable bonds is 4. The maximum Gasteiger partial charge on any atom is 0.322 e. The minimum atomic E-state index is 0.318. The van der Waals surface area contributed by atoms with Gasteiger partial charge in [0.15, 0.2) is 0 Å². The van der Waals surface area contributed by atoms with Crippen LogP contribution in [0.25, 0.3) is 0 Å². The highest BCUT2D eigenvalue weighted by Crippen LogP contribution is 2.14. The van der Waals surface area contributed by atoms with Crippen molar-refractivity contribution in [3.05, 3.63) is 0 Å². The number of methoxy groups -OCH3 is 1. The van der Waals surface area contributed by atoms with Gasteiger partial charge in [-0.1, -0.05) is 0 Å². The molecule has 2 heterocycles. The molecule has 1 aromatic rings. The quantitative estimate of drug-likeness (QED) is 0.767. The first-order valence-corrected chi connectivity index (χ1v) is 5.64. The van der Waals surface area contributed by atoms with Crippen LogP contribution >= 0.6 is 0 Å². The Balaban J connectivity index is 2.09. The molecular formula is C10H18N6O. The van der Waals surface area contributed by atoms with Crippen LogP contribution in [0.4, 0.5) is 11.9 Å². The molecule has 1 aliphatic rings. The van der Waals surface area contributed by atoms with Gasteiger partial charge < -0.3 is 20.3 Å². The molecule has 1 fully saturated rings. The van der Waals surface area contributed by atoms with Crippen molar-refractivity contribution < 1.29 is 4.74 Å². The van der Waals surface area contributed by atoms with Gasteiger partial charge in [0.1, 0.15) is 0 Å². The minimum absolute atomic E-state index is 0.318. The van der Waals surface area contributed by atoms with Gasteiger partial charge in [0.25, 0.3) is 0 Å². The van der Waals surface area contributed by atoms with Crippen molar-refractivity contribution in [3.8, 4) is 6.01 Å². The number of hydrogen-bond acceptors (Lipinski definition) is 7. The number of likely N-dealkylation sites (tertiary alicyclic amines) is 1. The third kappa shape index (κ3) is 2.94. The largest absolute Gasteiger partial charge is 0.467 e. The maximum atomic E-state index is 5.03. The fourth-order valence-corrected chi connectivity index (χ4v) is 1.86. The van der Waals surface area contributed by atoms with Crippen LogP contribution in [0.5, 0.6) is 6.01 Å². The summed E-state index contributed by atoms with van der Waals surface area (Å²) in [6.45, 7) is 2.10. The Kier molecular flexibility index (Phi) is 3.58. The van der Waals surface area contributed by atoms with Crippen LogP contribution in [0.1, 0.15) is 6.42 Å². The third-order valence-corrected chi connectivity index (χ3v) is 2.75. The lowest BCUT2D eigenvalue weighted by Gasteiger charge is -2.13. The Hall–Kier alpha value is -1.63. The molecule has 1 unspecified atom stereocenters. The first-order chi connectivity index (χ1) is 8.21. The highest BCUT2D eigenvalue weighted by Gasteiger charge is 2.20. The molecule has 94 valence electrons. The van der Waals surface area contributed by atoms with Crippen LogP contribution in [0.2, 0.25) is 0 Å². The van der Waals surface area contributed by atoms with Crippen molar-refractivity contribution in [2.75, 3.05) is 44.9 Å². The first kappa shape index (κ1) is 11.8. The second-order valence-electron chi connectivity index (χ2n) is 4.11. The fourth-order valence-electron chi connectivity index (χ4n) is 1.86. The molecule has 7 heteroatoms. The summed E-state index contributed by atoms with van der Waals surface area (Å²) in [5.74, 6) is 1.06. The van der Waals surface area contributed by atoms with Gasteiger partial charge in [-0.15, -0.1) is 0 Å². The van der Waals surface area contributed by atoms with E-state index in [4.69, 9.17) is 4.74 Å². The van der Waals surface area contributed by atoms with Crippen LogP contribution in [0.15, 0.2) is 0 Å². The Labute approximate surface area is 101 Å². The average Bonchev–Trinajstić information content (AvgIpc) is 2.74. The summed E-state index contributed by atoms with van der Waals surface area (Å²) in [5, 5.41) is 6.18. The molecule has 0 spiro atoms. The highest BCUT2D eigenvalue weighted by atomic mass is 16.5. The van der Waals surface area contributed by atoms with Crippen LogP contribution in [0, 0.1) is 0 Å². The molecule has 1 aliphatic heterocycles. The standard InChI is InChI=1S/C10H18N6O/c1-11-8-13-9(15-10(14-8)17-3)12-7-4-5-16(2)6-7/h7H,4-6H2,1-3H3,(H2,11,12,13,14,15). The predicted octanol–water partition coefficient (Wildman–Crippen LogP) is 0.0379. The summed E-state index contributed by atoms with van der Waals surface area (Å²) in [5.41, 5.74) is 0. The normalized spacial score (nSPS) is 20.3. The molecule has 0 radical (unpaired) electrons. The number of likely N-dealkylation sites (N-methyl/N-ethyl adjacent to an activating group) is 1. The molecule has 1 aromatic heterocycles. The summed E-state index contributed by atoms with van der Waals surface area (Å²) < 4.78 is 5.03. The number of anilines is 2. The van der Waals surface area contributed by atoms with E-state index in [0.29, 0.717) is 23.9 Å². The molecule has 2 N–H and O–H groups in total. The van der Waals surface area contributed by atoms with Crippen molar-refractivity contribution >= 4 is 11.9 Å². The van der Waals surface area contributed by atoms with Gasteiger partial charge in [-0.05, 0) is 20.0 Å². The molecular weight excluding hydrogens is 220 g/mol. The van der Waals surface area contributed by atoms with Gasteiger partial charge in [-0.2, -0.15) is 15.0 Å². The summed E-state index contributed by atoms with van der Waals surface area (Å²) in [7, 11) is 5.42. The van der Waals surface area contributed by atoms with Crippen LogP contribution in [0.3, 0.4) is 0 Å². The Morgan fingerprint density at radius 2 is 2.06 bits per heavy atom. The molecule has 7 nitrogen and oxygen atoms in total. The topological polar surface area (TPSA) is 75.2 Å². The number of nitrogens with one attached hydrogen (secondary N) is 2. The van der Waals surface area contributed by atoms with E-state index in [1.807, 2.05) is 0 Å². The summed E-state index contributed by atoms with van der Waals surface area (Å²) in [4.78, 5) is 14.7. The van der Waals surface area contributed by atoms with Crippen molar-refractivity contribution in [2.24, 2.45) is 0 Å². The highest BCUT2D eigenvalue weighted by molar-refractivity contribution is 5.36. The molecule has 0 aliphatic carbocycles. The number of nitrogens with zero attached hydrogens (tertiary/aromatic N) is 4. The number of hydrogen-bond donors (Lipinski definition) is 2. The molecule has 1 saturated heterocycles. The molecule has 17 heavy (non-hydrogen) atoms. The van der Waals surface area contributed by atoms with E-state index in [1.54, 1.807) is 14.2 Å². The zero-order chi connectivity index (χ0) is 12.3. The second-order valence-corrected chi connectivity index (χ2v) is 4.11. The third-order valence-electron chi connectivity index (χ3n) is 2.75. The van der Waals surface area contributed by atoms with Crippen molar-refractivity contribution in [3.63, 3.8) is 0 Å². The SMILES string of the molecule is CNc1nc(NC2CCN(C)C2)nc(OC)n1. The molecule has 0 bridgehead atoms. The van der Waals surface area contributed by atoms with E-state index in [0.717, 1.165) is 19.5 Å². The Morgan fingerprint density at radius 3 is 2.65 bits per heavy atom.